The molecule has 4 aliphatic carbocycles. The Labute approximate surface area is 471 Å². The molecule has 78 heavy (non-hydrogen) atoms. The van der Waals surface area contributed by atoms with Gasteiger partial charge < -0.3 is 0 Å². The van der Waals surface area contributed by atoms with Gasteiger partial charge in [-0.3, -0.25) is 0 Å². The van der Waals surface area contributed by atoms with Gasteiger partial charge in [-0.15, -0.1) is 0 Å². The van der Waals surface area contributed by atoms with Crippen molar-refractivity contribution in [2.45, 2.75) is 122 Å². The third kappa shape index (κ3) is 13.7. The van der Waals surface area contributed by atoms with Crippen LogP contribution in [0.4, 0.5) is 0 Å². The quantitative estimate of drug-likeness (QED) is 0.126. The lowest BCUT2D eigenvalue weighted by atomic mass is 9.85. The summed E-state index contributed by atoms with van der Waals surface area (Å²) in [7, 11) is 0. The second-order valence-corrected chi connectivity index (χ2v) is 19.0. The Balaban J connectivity index is 0.000000762. The van der Waals surface area contributed by atoms with E-state index in [2.05, 4.69) is 265 Å². The van der Waals surface area contributed by atoms with Crippen molar-refractivity contribution in [1.82, 2.24) is 0 Å². The highest BCUT2D eigenvalue weighted by Gasteiger charge is 2.24. The van der Waals surface area contributed by atoms with Crippen LogP contribution in [-0.4, -0.2) is 0 Å². The number of allylic oxidation sites excluding steroid dienone is 19. The number of benzene rings is 7. The van der Waals surface area contributed by atoms with E-state index in [1.807, 2.05) is 55.4 Å². The standard InChI is InChI=1S/C66H52.C4H10.4C2H6/c1-44(47-20-8-4-9-21-47)38-52(48-22-10-5-11-23-48)39-45(2)50-26-16-27-51(40-50)53-41-54(59-33-17-25-49-24-12-6-13-28-58(49)56-31-18-32-57(59)46(56)3)43-55(42-53)60-36-37-65-62-30-15-7-14-29-61(62)64-35-19-34-63(60)66(64)65;1-3-4-2;4*1-2/h4-5,8-44H,6-7H2,1-3H3;3-4H2,1-2H3;4*1-2H3/b25-17+,45-39+,52-38+,59-33-;;;;;. The van der Waals surface area contributed by atoms with Crippen LogP contribution < -0.4 is 0 Å². The molecule has 0 amide bonds. The van der Waals surface area contributed by atoms with Crippen molar-refractivity contribution in [2.75, 3.05) is 0 Å². The molecule has 0 nitrogen and oxygen atoms in total. The zero-order valence-corrected chi connectivity index (χ0v) is 49.3. The van der Waals surface area contributed by atoms with Gasteiger partial charge in [-0.25, -0.2) is 0 Å². The van der Waals surface area contributed by atoms with Crippen molar-refractivity contribution < 1.29 is 0 Å². The normalized spacial score (nSPS) is 15.1. The number of rotatable bonds is 9. The average Bonchev–Trinajstić information content (AvgIpc) is 3.70. The summed E-state index contributed by atoms with van der Waals surface area (Å²) >= 11 is 0. The third-order valence-corrected chi connectivity index (χ3v) is 14.3. The monoisotopic (exact) mass is 1020 g/mol. The fourth-order valence-electron chi connectivity index (χ4n) is 10.4. The first-order valence-electron chi connectivity index (χ1n) is 29.4. The molecular weight excluding hydrogens is 937 g/mol. The maximum atomic E-state index is 2.43. The predicted molar refractivity (Wildman–Crippen MR) is 351 cm³/mol. The van der Waals surface area contributed by atoms with Gasteiger partial charge in [0, 0.05) is 0 Å². The predicted octanol–water partition coefficient (Wildman–Crippen LogP) is 23.7. The van der Waals surface area contributed by atoms with Crippen LogP contribution in [-0.2, 0) is 0 Å². The minimum absolute atomic E-state index is 0.257. The molecule has 0 fully saturated rings. The molecular formula is C78H86. The van der Waals surface area contributed by atoms with Crippen molar-refractivity contribution in [1.29, 1.82) is 0 Å². The lowest BCUT2D eigenvalue weighted by Crippen LogP contribution is -1.98. The van der Waals surface area contributed by atoms with Gasteiger partial charge in [-0.05, 0) is 179 Å². The Morgan fingerprint density at radius 2 is 1.01 bits per heavy atom. The number of hydrogen-bond acceptors (Lipinski definition) is 0. The van der Waals surface area contributed by atoms with Crippen molar-refractivity contribution in [3.63, 3.8) is 0 Å². The van der Waals surface area contributed by atoms with E-state index in [9.17, 15) is 0 Å². The van der Waals surface area contributed by atoms with E-state index in [0.717, 1.165) is 12.8 Å². The highest BCUT2D eigenvalue weighted by atomic mass is 14.3. The highest BCUT2D eigenvalue weighted by Crippen LogP contribution is 2.48. The maximum absolute atomic E-state index is 2.43. The van der Waals surface area contributed by atoms with E-state index in [4.69, 9.17) is 0 Å². The van der Waals surface area contributed by atoms with E-state index >= 15 is 0 Å². The van der Waals surface area contributed by atoms with Crippen molar-refractivity contribution in [3.05, 3.63) is 286 Å². The van der Waals surface area contributed by atoms with E-state index in [0.29, 0.717) is 0 Å². The summed E-state index contributed by atoms with van der Waals surface area (Å²) in [5.74, 6) is 0.257. The second kappa shape index (κ2) is 30.2. The van der Waals surface area contributed by atoms with Gasteiger partial charge in [-0.1, -0.05) is 295 Å². The fourth-order valence-corrected chi connectivity index (χ4v) is 10.4. The first-order valence-corrected chi connectivity index (χ1v) is 29.4. The van der Waals surface area contributed by atoms with Gasteiger partial charge in [0.2, 0.25) is 0 Å². The van der Waals surface area contributed by atoms with E-state index in [1.54, 1.807) is 0 Å². The van der Waals surface area contributed by atoms with Gasteiger partial charge in [0.15, 0.2) is 0 Å². The first-order chi connectivity index (χ1) is 38.4. The molecule has 0 spiro atoms. The minimum atomic E-state index is 0.257. The Morgan fingerprint density at radius 1 is 0.474 bits per heavy atom. The Hall–Kier alpha value is -7.80. The molecule has 398 valence electrons. The van der Waals surface area contributed by atoms with E-state index in [-0.39, 0.29) is 5.92 Å². The minimum Gasteiger partial charge on any atom is -0.0801 e. The summed E-state index contributed by atoms with van der Waals surface area (Å²) in [6.07, 6.45) is 34.5. The van der Waals surface area contributed by atoms with Gasteiger partial charge in [-0.2, -0.15) is 0 Å². The summed E-state index contributed by atoms with van der Waals surface area (Å²) in [5, 5.41) is 2.63. The molecule has 7 aromatic carbocycles. The van der Waals surface area contributed by atoms with Crippen LogP contribution in [0.1, 0.15) is 165 Å². The van der Waals surface area contributed by atoms with Crippen LogP contribution in [0.25, 0.3) is 66.5 Å². The topological polar surface area (TPSA) is 0 Å². The molecule has 11 rings (SSSR count). The molecule has 0 heteroatoms. The summed E-state index contributed by atoms with van der Waals surface area (Å²) in [6.45, 7) is 27.2. The second-order valence-electron chi connectivity index (χ2n) is 19.0. The van der Waals surface area contributed by atoms with Crippen molar-refractivity contribution >= 4 is 44.2 Å². The van der Waals surface area contributed by atoms with E-state index < -0.39 is 0 Å². The Kier molecular flexibility index (Phi) is 23.0. The fraction of sp³-hybridized carbons (Fsp3) is 0.231. The van der Waals surface area contributed by atoms with Gasteiger partial charge in [0.05, 0.1) is 0 Å². The van der Waals surface area contributed by atoms with Crippen LogP contribution in [0, 0.1) is 6.92 Å². The molecule has 0 aliphatic heterocycles. The third-order valence-electron chi connectivity index (χ3n) is 14.3. The smallest absolute Gasteiger partial charge is 0.000123 e. The molecule has 7 aromatic rings. The van der Waals surface area contributed by atoms with Crippen LogP contribution in [0.5, 0.6) is 0 Å². The molecule has 0 heterocycles. The lowest BCUT2D eigenvalue weighted by molar-refractivity contribution is 0.886. The van der Waals surface area contributed by atoms with Gasteiger partial charge in [0.25, 0.3) is 0 Å². The SMILES string of the molecule is C/C(=C\C(=C/C(C)c1ccccc1)c1ccccc1)c1cccc(-c2cc(/C3=C/C=C/C4=C(C=CCC=C4)c4cccc3c4C)cc(-c3ccc4c5c(cccc35)C3=C4C=CCC=C3)c2)c1.CC.CC.CC.CC.CCCC. The van der Waals surface area contributed by atoms with Gasteiger partial charge >= 0.3 is 0 Å². The van der Waals surface area contributed by atoms with E-state index in [1.165, 1.54) is 135 Å². The Morgan fingerprint density at radius 3 is 1.69 bits per heavy atom. The van der Waals surface area contributed by atoms with Crippen LogP contribution in [0.2, 0.25) is 0 Å². The maximum Gasteiger partial charge on any atom is -0.000123 e. The van der Waals surface area contributed by atoms with Crippen molar-refractivity contribution in [3.8, 4) is 22.3 Å². The van der Waals surface area contributed by atoms with Gasteiger partial charge in [0.1, 0.15) is 0 Å². The number of hydrogen-bond donors (Lipinski definition) is 0. The molecule has 4 aliphatic rings. The number of unbranched alkanes of at least 4 members (excludes halogenated alkanes) is 1. The first kappa shape index (κ1) is 59.4. The van der Waals surface area contributed by atoms with Crippen LogP contribution >= 0.6 is 0 Å². The Bertz CT molecular complexity index is 3400. The highest BCUT2D eigenvalue weighted by molar-refractivity contribution is 6.20. The largest absolute Gasteiger partial charge is 0.0801 e. The molecule has 1 atom stereocenters. The lowest BCUT2D eigenvalue weighted by Gasteiger charge is -2.19. The molecule has 0 saturated heterocycles. The molecule has 0 radical (unpaired) electrons. The molecule has 0 saturated carbocycles. The molecule has 1 unspecified atom stereocenters. The van der Waals surface area contributed by atoms with Crippen molar-refractivity contribution in [2.24, 2.45) is 0 Å². The van der Waals surface area contributed by atoms with Crippen LogP contribution in [0.15, 0.2) is 236 Å². The summed E-state index contributed by atoms with van der Waals surface area (Å²) in [5.41, 5.74) is 25.0. The molecule has 2 bridgehead atoms. The zero-order valence-electron chi connectivity index (χ0n) is 49.3. The summed E-state index contributed by atoms with van der Waals surface area (Å²) in [4.78, 5) is 0. The summed E-state index contributed by atoms with van der Waals surface area (Å²) in [6, 6.07) is 56.4. The zero-order chi connectivity index (χ0) is 56.0. The molecule has 0 N–H and O–H groups in total. The molecule has 0 aromatic heterocycles. The number of fused-ring (bicyclic) bond motifs is 5. The average molecular weight is 1020 g/mol. The van der Waals surface area contributed by atoms with Crippen LogP contribution in [0.3, 0.4) is 0 Å². The summed E-state index contributed by atoms with van der Waals surface area (Å²) < 4.78 is 0.